The highest BCUT2D eigenvalue weighted by Gasteiger charge is 2.35. The molecule has 0 spiro atoms. The molecule has 126 valence electrons. The van der Waals surface area contributed by atoms with Crippen LogP contribution in [0.3, 0.4) is 0 Å². The predicted molar refractivity (Wildman–Crippen MR) is 86.9 cm³/mol. The van der Waals surface area contributed by atoms with Gasteiger partial charge in [-0.2, -0.15) is 5.10 Å². The van der Waals surface area contributed by atoms with Gasteiger partial charge in [0.05, 0.1) is 24.4 Å². The van der Waals surface area contributed by atoms with Crippen LogP contribution in [0.25, 0.3) is 0 Å². The molecular weight excluding hydrogens is 292 g/mol. The number of hydrogen-bond donors (Lipinski definition) is 1. The minimum absolute atomic E-state index is 0.230. The predicted octanol–water partition coefficient (Wildman–Crippen LogP) is 1.99. The van der Waals surface area contributed by atoms with E-state index in [1.54, 1.807) is 13.4 Å². The quantitative estimate of drug-likeness (QED) is 0.882. The Hall–Kier alpha value is -1.73. The normalized spacial score (nSPS) is 22.1. The van der Waals surface area contributed by atoms with E-state index in [0.717, 1.165) is 55.5 Å². The molecule has 0 amide bonds. The Morgan fingerprint density at radius 3 is 2.87 bits per heavy atom. The molecule has 7 nitrogen and oxygen atoms in total. The molecule has 7 heteroatoms. The van der Waals surface area contributed by atoms with E-state index in [0.29, 0.717) is 0 Å². The van der Waals surface area contributed by atoms with Gasteiger partial charge in [0.25, 0.3) is 0 Å². The van der Waals surface area contributed by atoms with Crippen molar-refractivity contribution in [3.8, 4) is 0 Å². The third-order valence-electron chi connectivity index (χ3n) is 4.64. The van der Waals surface area contributed by atoms with E-state index in [1.165, 1.54) is 0 Å². The van der Waals surface area contributed by atoms with Gasteiger partial charge in [-0.05, 0) is 26.7 Å². The number of aromatic nitrogens is 5. The van der Waals surface area contributed by atoms with Crippen molar-refractivity contribution in [2.45, 2.75) is 58.8 Å². The Kier molecular flexibility index (Phi) is 4.77. The van der Waals surface area contributed by atoms with Gasteiger partial charge in [0, 0.05) is 25.9 Å². The SMILES string of the molecule is CCCn1ncnc1CN1C[C@H](OC)C[C@H]1c1nc(C)c(C)[nH]1. The van der Waals surface area contributed by atoms with Gasteiger partial charge in [0.15, 0.2) is 0 Å². The maximum Gasteiger partial charge on any atom is 0.141 e. The topological polar surface area (TPSA) is 71.9 Å². The van der Waals surface area contributed by atoms with Gasteiger partial charge >= 0.3 is 0 Å². The molecule has 1 fully saturated rings. The molecule has 2 aromatic heterocycles. The lowest BCUT2D eigenvalue weighted by Crippen LogP contribution is -2.27. The van der Waals surface area contributed by atoms with E-state index in [4.69, 9.17) is 9.72 Å². The van der Waals surface area contributed by atoms with Crippen molar-refractivity contribution >= 4 is 0 Å². The van der Waals surface area contributed by atoms with Gasteiger partial charge in [0.1, 0.15) is 18.0 Å². The summed E-state index contributed by atoms with van der Waals surface area (Å²) in [5.41, 5.74) is 2.20. The average Bonchev–Trinajstić information content (AvgIpc) is 3.21. The van der Waals surface area contributed by atoms with E-state index >= 15 is 0 Å². The molecule has 0 radical (unpaired) electrons. The first-order valence-electron chi connectivity index (χ1n) is 8.29. The van der Waals surface area contributed by atoms with Crippen LogP contribution in [0.5, 0.6) is 0 Å². The Morgan fingerprint density at radius 2 is 2.22 bits per heavy atom. The first-order valence-corrected chi connectivity index (χ1v) is 8.29. The van der Waals surface area contributed by atoms with E-state index in [9.17, 15) is 0 Å². The summed E-state index contributed by atoms with van der Waals surface area (Å²) in [7, 11) is 1.78. The van der Waals surface area contributed by atoms with E-state index in [1.807, 2.05) is 11.6 Å². The van der Waals surface area contributed by atoms with E-state index < -0.39 is 0 Å². The molecule has 2 atom stereocenters. The molecule has 1 saturated heterocycles. The molecule has 2 aromatic rings. The summed E-state index contributed by atoms with van der Waals surface area (Å²) in [5.74, 6) is 2.04. The second-order valence-corrected chi connectivity index (χ2v) is 6.27. The van der Waals surface area contributed by atoms with Gasteiger partial charge in [-0.1, -0.05) is 6.92 Å². The van der Waals surface area contributed by atoms with Crippen molar-refractivity contribution in [2.75, 3.05) is 13.7 Å². The number of nitrogens with zero attached hydrogens (tertiary/aromatic N) is 5. The molecule has 0 unspecified atom stereocenters. The Balaban J connectivity index is 1.81. The van der Waals surface area contributed by atoms with Crippen molar-refractivity contribution in [1.82, 2.24) is 29.6 Å². The number of rotatable bonds is 6. The number of H-pyrrole nitrogens is 1. The molecular formula is C16H26N6O. The highest BCUT2D eigenvalue weighted by molar-refractivity contribution is 5.14. The third kappa shape index (κ3) is 3.30. The second-order valence-electron chi connectivity index (χ2n) is 6.27. The first kappa shape index (κ1) is 16.1. The summed E-state index contributed by atoms with van der Waals surface area (Å²) in [6, 6.07) is 0.235. The van der Waals surface area contributed by atoms with E-state index in [-0.39, 0.29) is 12.1 Å². The second kappa shape index (κ2) is 6.80. The molecule has 3 heterocycles. The standard InChI is InChI=1S/C16H26N6O/c1-5-6-22-15(17-10-18-22)9-21-8-13(23-4)7-14(21)16-19-11(2)12(3)20-16/h10,13-14H,5-9H2,1-4H3,(H,19,20)/t13-,14+/m1/s1. The maximum atomic E-state index is 5.60. The van der Waals surface area contributed by atoms with Crippen LogP contribution < -0.4 is 0 Å². The maximum absolute atomic E-state index is 5.60. The fourth-order valence-electron chi connectivity index (χ4n) is 3.22. The molecule has 23 heavy (non-hydrogen) atoms. The summed E-state index contributed by atoms with van der Waals surface area (Å²) in [5, 5.41) is 4.33. The number of nitrogens with one attached hydrogen (secondary N) is 1. The summed E-state index contributed by atoms with van der Waals surface area (Å²) < 4.78 is 7.60. The molecule has 1 N–H and O–H groups in total. The minimum Gasteiger partial charge on any atom is -0.380 e. The third-order valence-corrected chi connectivity index (χ3v) is 4.64. The number of likely N-dealkylation sites (tertiary alicyclic amines) is 1. The fraction of sp³-hybridized carbons (Fsp3) is 0.688. The summed E-state index contributed by atoms with van der Waals surface area (Å²) in [4.78, 5) is 15.0. The van der Waals surface area contributed by atoms with Crippen LogP contribution in [0.1, 0.15) is 48.8 Å². The van der Waals surface area contributed by atoms with Gasteiger partial charge in [-0.25, -0.2) is 14.6 Å². The van der Waals surface area contributed by atoms with Crippen LogP contribution in [0.4, 0.5) is 0 Å². The largest absolute Gasteiger partial charge is 0.380 e. The summed E-state index contributed by atoms with van der Waals surface area (Å²) in [6.45, 7) is 8.82. The van der Waals surface area contributed by atoms with Crippen molar-refractivity contribution in [2.24, 2.45) is 0 Å². The zero-order chi connectivity index (χ0) is 16.4. The first-order chi connectivity index (χ1) is 11.1. The van der Waals surface area contributed by atoms with Gasteiger partial charge < -0.3 is 9.72 Å². The van der Waals surface area contributed by atoms with E-state index in [2.05, 4.69) is 33.8 Å². The zero-order valence-corrected chi connectivity index (χ0v) is 14.4. The number of ether oxygens (including phenoxy) is 1. The van der Waals surface area contributed by atoms with Crippen LogP contribution in [-0.4, -0.2) is 49.4 Å². The zero-order valence-electron chi connectivity index (χ0n) is 14.4. The number of methoxy groups -OCH3 is 1. The summed E-state index contributed by atoms with van der Waals surface area (Å²) >= 11 is 0. The molecule has 0 saturated carbocycles. The van der Waals surface area contributed by atoms with Crippen molar-refractivity contribution in [1.29, 1.82) is 0 Å². The Labute approximate surface area is 137 Å². The number of imidazole rings is 1. The van der Waals surface area contributed by atoms with Crippen LogP contribution in [0.15, 0.2) is 6.33 Å². The molecule has 1 aliphatic rings. The molecule has 0 aromatic carbocycles. The highest BCUT2D eigenvalue weighted by Crippen LogP contribution is 2.33. The van der Waals surface area contributed by atoms with Crippen LogP contribution >= 0.6 is 0 Å². The number of hydrogen-bond acceptors (Lipinski definition) is 5. The molecule has 0 bridgehead atoms. The van der Waals surface area contributed by atoms with Gasteiger partial charge in [-0.15, -0.1) is 0 Å². The molecule has 1 aliphatic heterocycles. The lowest BCUT2D eigenvalue weighted by Gasteiger charge is -2.22. The minimum atomic E-state index is 0.230. The lowest BCUT2D eigenvalue weighted by atomic mass is 10.2. The fourth-order valence-corrected chi connectivity index (χ4v) is 3.22. The van der Waals surface area contributed by atoms with Gasteiger partial charge in [0.2, 0.25) is 0 Å². The lowest BCUT2D eigenvalue weighted by molar-refractivity contribution is 0.106. The van der Waals surface area contributed by atoms with Crippen molar-refractivity contribution in [3.05, 3.63) is 29.4 Å². The summed E-state index contributed by atoms with van der Waals surface area (Å²) in [6.07, 6.45) is 3.88. The van der Waals surface area contributed by atoms with Crippen LogP contribution in [-0.2, 0) is 17.8 Å². The van der Waals surface area contributed by atoms with Crippen molar-refractivity contribution < 1.29 is 4.74 Å². The van der Waals surface area contributed by atoms with Gasteiger partial charge in [-0.3, -0.25) is 4.90 Å². The van der Waals surface area contributed by atoms with Crippen molar-refractivity contribution in [3.63, 3.8) is 0 Å². The Morgan fingerprint density at radius 1 is 1.39 bits per heavy atom. The molecule has 3 rings (SSSR count). The monoisotopic (exact) mass is 318 g/mol. The number of aryl methyl sites for hydroxylation is 3. The van der Waals surface area contributed by atoms with Crippen LogP contribution in [0, 0.1) is 13.8 Å². The highest BCUT2D eigenvalue weighted by atomic mass is 16.5. The smallest absolute Gasteiger partial charge is 0.141 e. The molecule has 0 aliphatic carbocycles. The van der Waals surface area contributed by atoms with Crippen LogP contribution in [0.2, 0.25) is 0 Å². The number of aromatic amines is 1. The Bertz CT molecular complexity index is 629. The average molecular weight is 318 g/mol.